The molecule has 1 atom stereocenters. The Morgan fingerprint density at radius 2 is 2.21 bits per heavy atom. The van der Waals surface area contributed by atoms with E-state index in [0.717, 1.165) is 36.1 Å². The Balaban J connectivity index is 1.62. The standard InChI is InChI=1S/C15H15FN2O/c16-12-2-4-14-11(8-12)9-13(19-14)3-1-10-5-6-18-15(17)7-10/h2,4-8,13H,1,3,9H2,(H2,17,18). The average Bonchev–Trinajstić information content (AvgIpc) is 2.78. The van der Waals surface area contributed by atoms with E-state index in [-0.39, 0.29) is 11.9 Å². The van der Waals surface area contributed by atoms with Gasteiger partial charge >= 0.3 is 0 Å². The van der Waals surface area contributed by atoms with Crippen LogP contribution in [0.3, 0.4) is 0 Å². The van der Waals surface area contributed by atoms with Crippen LogP contribution >= 0.6 is 0 Å². The SMILES string of the molecule is Nc1cc(CCC2Cc3cc(F)ccc3O2)ccn1. The first kappa shape index (κ1) is 12.0. The van der Waals surface area contributed by atoms with Gasteiger partial charge in [-0.1, -0.05) is 0 Å². The number of aryl methyl sites for hydroxylation is 1. The molecule has 0 aliphatic carbocycles. The second kappa shape index (κ2) is 4.88. The number of aromatic nitrogens is 1. The lowest BCUT2D eigenvalue weighted by Crippen LogP contribution is -2.13. The Labute approximate surface area is 111 Å². The molecular weight excluding hydrogens is 243 g/mol. The van der Waals surface area contributed by atoms with Crippen LogP contribution < -0.4 is 10.5 Å². The van der Waals surface area contributed by atoms with E-state index in [0.29, 0.717) is 5.82 Å². The van der Waals surface area contributed by atoms with Crippen molar-refractivity contribution < 1.29 is 9.13 Å². The van der Waals surface area contributed by atoms with E-state index in [1.54, 1.807) is 18.3 Å². The van der Waals surface area contributed by atoms with E-state index in [1.165, 1.54) is 6.07 Å². The maximum atomic E-state index is 13.1. The van der Waals surface area contributed by atoms with Crippen molar-refractivity contribution in [3.63, 3.8) is 0 Å². The summed E-state index contributed by atoms with van der Waals surface area (Å²) in [5, 5.41) is 0. The third-order valence-electron chi connectivity index (χ3n) is 3.36. The number of ether oxygens (including phenoxy) is 1. The maximum Gasteiger partial charge on any atom is 0.123 e. The topological polar surface area (TPSA) is 48.1 Å². The summed E-state index contributed by atoms with van der Waals surface area (Å²) in [5.74, 6) is 1.14. The molecule has 0 radical (unpaired) electrons. The molecule has 0 amide bonds. The first-order chi connectivity index (χ1) is 9.20. The predicted octanol–water partition coefficient (Wildman–Crippen LogP) is 2.74. The highest BCUT2D eigenvalue weighted by molar-refractivity contribution is 5.38. The quantitative estimate of drug-likeness (QED) is 0.920. The minimum Gasteiger partial charge on any atom is -0.490 e. The summed E-state index contributed by atoms with van der Waals surface area (Å²) in [5.41, 5.74) is 7.75. The average molecular weight is 258 g/mol. The molecule has 3 nitrogen and oxygen atoms in total. The third kappa shape index (κ3) is 2.67. The van der Waals surface area contributed by atoms with Gasteiger partial charge in [0.15, 0.2) is 0 Å². The fourth-order valence-corrected chi connectivity index (χ4v) is 2.43. The summed E-state index contributed by atoms with van der Waals surface area (Å²) < 4.78 is 18.9. The van der Waals surface area contributed by atoms with Crippen molar-refractivity contribution in [1.82, 2.24) is 4.98 Å². The van der Waals surface area contributed by atoms with Gasteiger partial charge in [0, 0.05) is 18.2 Å². The largest absolute Gasteiger partial charge is 0.490 e. The molecule has 3 rings (SSSR count). The minimum atomic E-state index is -0.204. The Morgan fingerprint density at radius 1 is 1.32 bits per heavy atom. The van der Waals surface area contributed by atoms with E-state index < -0.39 is 0 Å². The molecule has 98 valence electrons. The van der Waals surface area contributed by atoms with E-state index in [1.807, 2.05) is 12.1 Å². The first-order valence-corrected chi connectivity index (χ1v) is 6.36. The number of pyridine rings is 1. The summed E-state index contributed by atoms with van der Waals surface area (Å²) in [6.45, 7) is 0. The van der Waals surface area contributed by atoms with Crippen LogP contribution in [0, 0.1) is 5.82 Å². The summed E-state index contributed by atoms with van der Waals surface area (Å²) in [4.78, 5) is 3.97. The van der Waals surface area contributed by atoms with Crippen molar-refractivity contribution in [1.29, 1.82) is 0 Å². The molecule has 2 N–H and O–H groups in total. The fourth-order valence-electron chi connectivity index (χ4n) is 2.43. The second-order valence-electron chi connectivity index (χ2n) is 4.82. The van der Waals surface area contributed by atoms with Gasteiger partial charge in [0.25, 0.3) is 0 Å². The van der Waals surface area contributed by atoms with E-state index >= 15 is 0 Å². The lowest BCUT2D eigenvalue weighted by Gasteiger charge is -2.10. The van der Waals surface area contributed by atoms with E-state index in [4.69, 9.17) is 10.5 Å². The number of hydrogen-bond acceptors (Lipinski definition) is 3. The lowest BCUT2D eigenvalue weighted by molar-refractivity contribution is 0.222. The molecule has 0 bridgehead atoms. The van der Waals surface area contributed by atoms with Crippen molar-refractivity contribution in [2.45, 2.75) is 25.4 Å². The van der Waals surface area contributed by atoms with Crippen LogP contribution in [0.5, 0.6) is 5.75 Å². The van der Waals surface area contributed by atoms with Crippen molar-refractivity contribution in [3.8, 4) is 5.75 Å². The van der Waals surface area contributed by atoms with Gasteiger partial charge in [-0.25, -0.2) is 9.37 Å². The number of benzene rings is 1. The van der Waals surface area contributed by atoms with Gasteiger partial charge in [0.05, 0.1) is 0 Å². The number of fused-ring (bicyclic) bond motifs is 1. The zero-order valence-corrected chi connectivity index (χ0v) is 10.5. The van der Waals surface area contributed by atoms with Crippen LogP contribution in [0.15, 0.2) is 36.5 Å². The van der Waals surface area contributed by atoms with Crippen molar-refractivity contribution in [2.24, 2.45) is 0 Å². The van der Waals surface area contributed by atoms with E-state index in [9.17, 15) is 4.39 Å². The molecule has 1 aliphatic heterocycles. The monoisotopic (exact) mass is 258 g/mol. The number of halogens is 1. The molecule has 2 aromatic rings. The summed E-state index contributed by atoms with van der Waals surface area (Å²) in [6.07, 6.45) is 4.37. The molecule has 19 heavy (non-hydrogen) atoms. The molecule has 0 saturated carbocycles. The number of anilines is 1. The van der Waals surface area contributed by atoms with Crippen LogP contribution in [-0.4, -0.2) is 11.1 Å². The highest BCUT2D eigenvalue weighted by atomic mass is 19.1. The third-order valence-corrected chi connectivity index (χ3v) is 3.36. The zero-order chi connectivity index (χ0) is 13.2. The fraction of sp³-hybridized carbons (Fsp3) is 0.267. The molecule has 0 saturated heterocycles. The zero-order valence-electron chi connectivity index (χ0n) is 10.5. The molecule has 1 unspecified atom stereocenters. The molecule has 0 fully saturated rings. The van der Waals surface area contributed by atoms with Gasteiger partial charge in [-0.05, 0) is 48.7 Å². The molecule has 2 heterocycles. The molecule has 4 heteroatoms. The van der Waals surface area contributed by atoms with Crippen LogP contribution in [-0.2, 0) is 12.8 Å². The number of nitrogens with two attached hydrogens (primary N) is 1. The number of hydrogen-bond donors (Lipinski definition) is 1. The van der Waals surface area contributed by atoms with Crippen molar-refractivity contribution >= 4 is 5.82 Å². The van der Waals surface area contributed by atoms with Crippen LogP contribution in [0.25, 0.3) is 0 Å². The lowest BCUT2D eigenvalue weighted by atomic mass is 10.0. The Hall–Kier alpha value is -2.10. The minimum absolute atomic E-state index is 0.117. The molecule has 1 aromatic heterocycles. The number of nitrogen functional groups attached to an aromatic ring is 1. The van der Waals surface area contributed by atoms with Crippen LogP contribution in [0.1, 0.15) is 17.5 Å². The van der Waals surface area contributed by atoms with Gasteiger partial charge < -0.3 is 10.5 Å². The molecule has 0 spiro atoms. The van der Waals surface area contributed by atoms with Crippen molar-refractivity contribution in [2.75, 3.05) is 5.73 Å². The Kier molecular flexibility index (Phi) is 3.07. The van der Waals surface area contributed by atoms with Crippen LogP contribution in [0.4, 0.5) is 10.2 Å². The maximum absolute atomic E-state index is 13.1. The molecule has 1 aromatic carbocycles. The normalized spacial score (nSPS) is 17.0. The van der Waals surface area contributed by atoms with Crippen LogP contribution in [0.2, 0.25) is 0 Å². The van der Waals surface area contributed by atoms with Gasteiger partial charge in [0.1, 0.15) is 23.5 Å². The van der Waals surface area contributed by atoms with Crippen molar-refractivity contribution in [3.05, 3.63) is 53.5 Å². The second-order valence-corrected chi connectivity index (χ2v) is 4.82. The summed E-state index contributed by atoms with van der Waals surface area (Å²) >= 11 is 0. The van der Waals surface area contributed by atoms with Gasteiger partial charge in [-0.3, -0.25) is 0 Å². The highest BCUT2D eigenvalue weighted by Crippen LogP contribution is 2.30. The Bertz CT molecular complexity index is 600. The molecule has 1 aliphatic rings. The molecular formula is C15H15FN2O. The van der Waals surface area contributed by atoms with Gasteiger partial charge in [-0.15, -0.1) is 0 Å². The highest BCUT2D eigenvalue weighted by Gasteiger charge is 2.22. The van der Waals surface area contributed by atoms with Gasteiger partial charge in [-0.2, -0.15) is 0 Å². The van der Waals surface area contributed by atoms with E-state index in [2.05, 4.69) is 4.98 Å². The first-order valence-electron chi connectivity index (χ1n) is 6.36. The Morgan fingerprint density at radius 3 is 3.05 bits per heavy atom. The predicted molar refractivity (Wildman–Crippen MR) is 71.5 cm³/mol. The summed E-state index contributed by atoms with van der Waals surface area (Å²) in [6, 6.07) is 8.53. The number of rotatable bonds is 3. The van der Waals surface area contributed by atoms with Gasteiger partial charge in [0.2, 0.25) is 0 Å². The smallest absolute Gasteiger partial charge is 0.123 e. The number of nitrogens with zero attached hydrogens (tertiary/aromatic N) is 1. The summed E-state index contributed by atoms with van der Waals surface area (Å²) in [7, 11) is 0.